The van der Waals surface area contributed by atoms with Gasteiger partial charge in [-0.15, -0.1) is 0 Å². The van der Waals surface area contributed by atoms with Gasteiger partial charge in [-0.1, -0.05) is 17.7 Å². The number of benzene rings is 1. The molecule has 0 aliphatic carbocycles. The number of ether oxygens (including phenoxy) is 1. The highest BCUT2D eigenvalue weighted by Gasteiger charge is 2.32. The molecule has 1 fully saturated rings. The summed E-state index contributed by atoms with van der Waals surface area (Å²) in [6, 6.07) is 7.09. The number of hydrogen-bond donors (Lipinski definition) is 0. The number of piperazine rings is 1. The molecule has 1 saturated heterocycles. The van der Waals surface area contributed by atoms with E-state index in [-0.39, 0.29) is 31.0 Å². The van der Waals surface area contributed by atoms with E-state index >= 15 is 0 Å². The van der Waals surface area contributed by atoms with Gasteiger partial charge in [-0.3, -0.25) is 9.59 Å². The molecule has 1 aliphatic heterocycles. The molecule has 108 valence electrons. The SMILES string of the molecule is COCC(=O)N1CC(=O)N(c2cccc(Cl)c2)C[C@@H]1C. The number of amides is 2. The maximum Gasteiger partial charge on any atom is 0.249 e. The summed E-state index contributed by atoms with van der Waals surface area (Å²) in [7, 11) is 1.46. The first-order valence-electron chi connectivity index (χ1n) is 6.37. The van der Waals surface area contributed by atoms with E-state index in [1.165, 1.54) is 7.11 Å². The second-order valence-electron chi connectivity index (χ2n) is 4.79. The van der Waals surface area contributed by atoms with Gasteiger partial charge in [0.05, 0.1) is 0 Å². The third-order valence-electron chi connectivity index (χ3n) is 3.29. The minimum absolute atomic E-state index is 0.00517. The molecule has 20 heavy (non-hydrogen) atoms. The average Bonchev–Trinajstić information content (AvgIpc) is 2.41. The fraction of sp³-hybridized carbons (Fsp3) is 0.429. The zero-order chi connectivity index (χ0) is 14.7. The average molecular weight is 297 g/mol. The molecule has 2 rings (SSSR count). The van der Waals surface area contributed by atoms with Gasteiger partial charge < -0.3 is 14.5 Å². The third-order valence-corrected chi connectivity index (χ3v) is 3.53. The topological polar surface area (TPSA) is 49.9 Å². The van der Waals surface area contributed by atoms with Gasteiger partial charge in [0.15, 0.2) is 0 Å². The van der Waals surface area contributed by atoms with Gasteiger partial charge in [0, 0.05) is 30.4 Å². The van der Waals surface area contributed by atoms with E-state index in [2.05, 4.69) is 0 Å². The summed E-state index contributed by atoms with van der Waals surface area (Å²) in [4.78, 5) is 27.3. The first-order chi connectivity index (χ1) is 9.52. The van der Waals surface area contributed by atoms with Crippen LogP contribution in [0.2, 0.25) is 5.02 Å². The summed E-state index contributed by atoms with van der Waals surface area (Å²) in [6.07, 6.45) is 0. The molecule has 2 amide bonds. The molecule has 1 aromatic rings. The standard InChI is InChI=1S/C14H17ClN2O3/c1-10-7-17(12-5-3-4-11(15)6-12)13(18)8-16(10)14(19)9-20-2/h3-6,10H,7-9H2,1-2H3/t10-/m0/s1. The van der Waals surface area contributed by atoms with Gasteiger partial charge >= 0.3 is 0 Å². The molecule has 1 aromatic carbocycles. The monoisotopic (exact) mass is 296 g/mol. The van der Waals surface area contributed by atoms with E-state index in [1.54, 1.807) is 28.0 Å². The summed E-state index contributed by atoms with van der Waals surface area (Å²) < 4.78 is 4.83. The third kappa shape index (κ3) is 3.11. The van der Waals surface area contributed by atoms with Crippen molar-refractivity contribution in [3.05, 3.63) is 29.3 Å². The van der Waals surface area contributed by atoms with Gasteiger partial charge in [-0.2, -0.15) is 0 Å². The highest BCUT2D eigenvalue weighted by molar-refractivity contribution is 6.30. The molecule has 1 atom stereocenters. The summed E-state index contributed by atoms with van der Waals surface area (Å²) in [5.41, 5.74) is 0.758. The minimum atomic E-state index is -0.168. The summed E-state index contributed by atoms with van der Waals surface area (Å²) in [6.45, 7) is 2.43. The van der Waals surface area contributed by atoms with Crippen molar-refractivity contribution in [3.63, 3.8) is 0 Å². The fourth-order valence-corrected chi connectivity index (χ4v) is 2.47. The maximum absolute atomic E-state index is 12.2. The fourth-order valence-electron chi connectivity index (χ4n) is 2.29. The summed E-state index contributed by atoms with van der Waals surface area (Å²) in [5, 5.41) is 0.584. The van der Waals surface area contributed by atoms with Crippen molar-refractivity contribution in [2.45, 2.75) is 13.0 Å². The predicted molar refractivity (Wildman–Crippen MR) is 76.9 cm³/mol. The Labute approximate surface area is 123 Å². The van der Waals surface area contributed by atoms with Crippen LogP contribution < -0.4 is 4.90 Å². The van der Waals surface area contributed by atoms with Crippen LogP contribution in [0.1, 0.15) is 6.92 Å². The first kappa shape index (κ1) is 14.8. The van der Waals surface area contributed by atoms with Crippen LogP contribution >= 0.6 is 11.6 Å². The number of nitrogens with zero attached hydrogens (tertiary/aromatic N) is 2. The van der Waals surface area contributed by atoms with Crippen LogP contribution in [-0.4, -0.2) is 49.6 Å². The van der Waals surface area contributed by atoms with Crippen LogP contribution in [-0.2, 0) is 14.3 Å². The van der Waals surface area contributed by atoms with Crippen molar-refractivity contribution in [2.75, 3.05) is 31.7 Å². The summed E-state index contributed by atoms with van der Waals surface area (Å²) in [5.74, 6) is -0.283. The van der Waals surface area contributed by atoms with E-state index in [0.717, 1.165) is 5.69 Å². The van der Waals surface area contributed by atoms with Gasteiger partial charge in [0.25, 0.3) is 0 Å². The van der Waals surface area contributed by atoms with Crippen LogP contribution in [0.3, 0.4) is 0 Å². The lowest BCUT2D eigenvalue weighted by Crippen LogP contribution is -2.57. The number of hydrogen-bond acceptors (Lipinski definition) is 3. The van der Waals surface area contributed by atoms with E-state index in [0.29, 0.717) is 11.6 Å². The number of anilines is 1. The molecule has 0 radical (unpaired) electrons. The minimum Gasteiger partial charge on any atom is -0.375 e. The first-order valence-corrected chi connectivity index (χ1v) is 6.75. The lowest BCUT2D eigenvalue weighted by Gasteiger charge is -2.39. The Morgan fingerprint density at radius 3 is 2.90 bits per heavy atom. The molecule has 0 saturated carbocycles. The lowest BCUT2D eigenvalue weighted by molar-refractivity contribution is -0.142. The Morgan fingerprint density at radius 1 is 1.50 bits per heavy atom. The number of rotatable bonds is 3. The number of carbonyl (C=O) groups excluding carboxylic acids is 2. The van der Waals surface area contributed by atoms with Gasteiger partial charge in [0.2, 0.25) is 11.8 Å². The normalized spacial score (nSPS) is 19.4. The largest absolute Gasteiger partial charge is 0.375 e. The number of carbonyl (C=O) groups is 2. The van der Waals surface area contributed by atoms with Crippen molar-refractivity contribution in [1.82, 2.24) is 4.90 Å². The predicted octanol–water partition coefficient (Wildman–Crippen LogP) is 1.55. The molecule has 0 unspecified atom stereocenters. The van der Waals surface area contributed by atoms with Crippen molar-refractivity contribution in [1.29, 1.82) is 0 Å². The summed E-state index contributed by atoms with van der Waals surface area (Å²) >= 11 is 5.95. The Kier molecular flexibility index (Phi) is 4.62. The molecule has 1 heterocycles. The van der Waals surface area contributed by atoms with Gasteiger partial charge in [-0.25, -0.2) is 0 Å². The van der Waals surface area contributed by atoms with Crippen molar-refractivity contribution in [2.24, 2.45) is 0 Å². The van der Waals surface area contributed by atoms with Crippen LogP contribution in [0.5, 0.6) is 0 Å². The smallest absolute Gasteiger partial charge is 0.249 e. The van der Waals surface area contributed by atoms with Crippen molar-refractivity contribution >= 4 is 29.1 Å². The Hall–Kier alpha value is -1.59. The zero-order valence-corrected chi connectivity index (χ0v) is 12.3. The van der Waals surface area contributed by atoms with Crippen LogP contribution in [0.25, 0.3) is 0 Å². The van der Waals surface area contributed by atoms with Crippen LogP contribution in [0.4, 0.5) is 5.69 Å². The zero-order valence-electron chi connectivity index (χ0n) is 11.5. The van der Waals surface area contributed by atoms with Gasteiger partial charge in [0.1, 0.15) is 13.2 Å². The molecule has 0 aromatic heterocycles. The Balaban J connectivity index is 2.14. The molecule has 5 nitrogen and oxygen atoms in total. The molecular weight excluding hydrogens is 280 g/mol. The Bertz CT molecular complexity index is 521. The highest BCUT2D eigenvalue weighted by Crippen LogP contribution is 2.23. The van der Waals surface area contributed by atoms with Crippen LogP contribution in [0.15, 0.2) is 24.3 Å². The van der Waals surface area contributed by atoms with Crippen LogP contribution in [0, 0.1) is 0 Å². The maximum atomic E-state index is 12.2. The van der Waals surface area contributed by atoms with E-state index in [4.69, 9.17) is 16.3 Å². The van der Waals surface area contributed by atoms with E-state index < -0.39 is 0 Å². The van der Waals surface area contributed by atoms with Gasteiger partial charge in [-0.05, 0) is 25.1 Å². The Morgan fingerprint density at radius 2 is 2.25 bits per heavy atom. The van der Waals surface area contributed by atoms with E-state index in [1.807, 2.05) is 13.0 Å². The van der Waals surface area contributed by atoms with Crippen molar-refractivity contribution < 1.29 is 14.3 Å². The molecule has 0 spiro atoms. The molecule has 0 N–H and O–H groups in total. The number of methoxy groups -OCH3 is 1. The second kappa shape index (κ2) is 6.24. The lowest BCUT2D eigenvalue weighted by atomic mass is 10.1. The van der Waals surface area contributed by atoms with Crippen molar-refractivity contribution in [3.8, 4) is 0 Å². The molecular formula is C14H17ClN2O3. The molecule has 1 aliphatic rings. The van der Waals surface area contributed by atoms with E-state index in [9.17, 15) is 9.59 Å². The second-order valence-corrected chi connectivity index (χ2v) is 5.22. The highest BCUT2D eigenvalue weighted by atomic mass is 35.5. The molecule has 0 bridgehead atoms. The quantitative estimate of drug-likeness (QED) is 0.850. The molecule has 6 heteroatoms. The number of halogens is 1.